The Kier molecular flexibility index (Phi) is 4.43. The molecule has 0 amide bonds. The van der Waals surface area contributed by atoms with Gasteiger partial charge >= 0.3 is 0 Å². The van der Waals surface area contributed by atoms with Gasteiger partial charge in [0.2, 0.25) is 0 Å². The summed E-state index contributed by atoms with van der Waals surface area (Å²) >= 11 is 0. The third-order valence-electron chi connectivity index (χ3n) is 2.86. The number of hydrogen-bond donors (Lipinski definition) is 1. The molecular weight excluding hydrogens is 162 g/mol. The average molecular weight is 183 g/mol. The van der Waals surface area contributed by atoms with E-state index in [1.54, 1.807) is 0 Å². The Morgan fingerprint density at radius 1 is 1.62 bits per heavy atom. The molecule has 76 valence electrons. The highest BCUT2D eigenvalue weighted by molar-refractivity contribution is 5.82. The molecule has 1 saturated heterocycles. The first kappa shape index (κ1) is 10.7. The Morgan fingerprint density at radius 2 is 2.38 bits per heavy atom. The van der Waals surface area contributed by atoms with Crippen molar-refractivity contribution in [1.29, 1.82) is 0 Å². The van der Waals surface area contributed by atoms with E-state index in [1.807, 2.05) is 0 Å². The third-order valence-corrected chi connectivity index (χ3v) is 2.86. The summed E-state index contributed by atoms with van der Waals surface area (Å²) in [6, 6.07) is 0. The lowest BCUT2D eigenvalue weighted by atomic mass is 9.87. The lowest BCUT2D eigenvalue weighted by Crippen LogP contribution is -2.37. The molecule has 1 heterocycles. The second kappa shape index (κ2) is 5.38. The summed E-state index contributed by atoms with van der Waals surface area (Å²) in [6.45, 7) is 6.26. The largest absolute Gasteiger partial charge is 0.316 e. The predicted molar refractivity (Wildman–Crippen MR) is 54.7 cm³/mol. The highest BCUT2D eigenvalue weighted by atomic mass is 16.1. The zero-order valence-corrected chi connectivity index (χ0v) is 8.81. The van der Waals surface area contributed by atoms with Crippen LogP contribution in [0.3, 0.4) is 0 Å². The Hall–Kier alpha value is -0.370. The van der Waals surface area contributed by atoms with Gasteiger partial charge < -0.3 is 5.32 Å². The highest BCUT2D eigenvalue weighted by Crippen LogP contribution is 2.19. The fourth-order valence-corrected chi connectivity index (χ4v) is 2.12. The second-order valence-electron chi connectivity index (χ2n) is 4.25. The van der Waals surface area contributed by atoms with E-state index in [-0.39, 0.29) is 0 Å². The van der Waals surface area contributed by atoms with E-state index in [4.69, 9.17) is 0 Å². The first-order valence-electron chi connectivity index (χ1n) is 5.47. The van der Waals surface area contributed by atoms with Gasteiger partial charge in [0.15, 0.2) is 0 Å². The van der Waals surface area contributed by atoms with E-state index in [2.05, 4.69) is 19.2 Å². The lowest BCUT2D eigenvalue weighted by molar-refractivity contribution is -0.124. The lowest BCUT2D eigenvalue weighted by Gasteiger charge is -2.24. The fourth-order valence-electron chi connectivity index (χ4n) is 2.12. The van der Waals surface area contributed by atoms with Gasteiger partial charge in [0.05, 0.1) is 0 Å². The van der Waals surface area contributed by atoms with Crippen LogP contribution in [-0.4, -0.2) is 18.9 Å². The number of carbonyl (C=O) groups excluding carboxylic acids is 1. The SMILES string of the molecule is CCCC(C)CC1CNCCC1=O. The number of Topliss-reactive ketones (excluding diaryl/α,β-unsaturated/α-hetero) is 1. The Bertz CT molecular complexity index is 167. The Balaban J connectivity index is 2.29. The zero-order valence-electron chi connectivity index (χ0n) is 8.81. The summed E-state index contributed by atoms with van der Waals surface area (Å²) in [5.74, 6) is 1.48. The minimum atomic E-state index is 0.301. The van der Waals surface area contributed by atoms with Gasteiger partial charge in [-0.15, -0.1) is 0 Å². The first-order valence-corrected chi connectivity index (χ1v) is 5.47. The molecule has 0 aromatic carbocycles. The van der Waals surface area contributed by atoms with Crippen molar-refractivity contribution < 1.29 is 4.79 Å². The van der Waals surface area contributed by atoms with E-state index < -0.39 is 0 Å². The molecule has 1 aliphatic heterocycles. The maximum Gasteiger partial charge on any atom is 0.138 e. The molecule has 0 bridgehead atoms. The predicted octanol–water partition coefficient (Wildman–Crippen LogP) is 1.99. The molecule has 1 aliphatic rings. The quantitative estimate of drug-likeness (QED) is 0.722. The molecule has 1 rings (SSSR count). The molecule has 0 saturated carbocycles. The molecule has 0 radical (unpaired) electrons. The highest BCUT2D eigenvalue weighted by Gasteiger charge is 2.23. The normalized spacial score (nSPS) is 26.0. The van der Waals surface area contributed by atoms with Gasteiger partial charge in [-0.25, -0.2) is 0 Å². The maximum absolute atomic E-state index is 11.5. The molecule has 0 aromatic rings. The maximum atomic E-state index is 11.5. The van der Waals surface area contributed by atoms with Crippen molar-refractivity contribution in [3.05, 3.63) is 0 Å². The van der Waals surface area contributed by atoms with E-state index in [0.29, 0.717) is 17.6 Å². The van der Waals surface area contributed by atoms with Crippen LogP contribution in [0.15, 0.2) is 0 Å². The van der Waals surface area contributed by atoms with Crippen LogP contribution in [0.25, 0.3) is 0 Å². The van der Waals surface area contributed by atoms with Gasteiger partial charge in [-0.2, -0.15) is 0 Å². The minimum absolute atomic E-state index is 0.301. The average Bonchev–Trinajstić information content (AvgIpc) is 2.09. The molecule has 0 spiro atoms. The summed E-state index contributed by atoms with van der Waals surface area (Å²) in [5.41, 5.74) is 0. The van der Waals surface area contributed by atoms with Gasteiger partial charge in [0.25, 0.3) is 0 Å². The van der Waals surface area contributed by atoms with Crippen LogP contribution < -0.4 is 5.32 Å². The van der Waals surface area contributed by atoms with Gasteiger partial charge in [0.1, 0.15) is 5.78 Å². The van der Waals surface area contributed by atoms with E-state index in [0.717, 1.165) is 25.9 Å². The van der Waals surface area contributed by atoms with Crippen molar-refractivity contribution in [2.45, 2.75) is 39.5 Å². The van der Waals surface area contributed by atoms with Crippen LogP contribution in [0.2, 0.25) is 0 Å². The van der Waals surface area contributed by atoms with Gasteiger partial charge in [-0.05, 0) is 12.3 Å². The van der Waals surface area contributed by atoms with Crippen molar-refractivity contribution in [3.63, 3.8) is 0 Å². The van der Waals surface area contributed by atoms with E-state index in [1.165, 1.54) is 12.8 Å². The molecule has 0 aliphatic carbocycles. The minimum Gasteiger partial charge on any atom is -0.316 e. The fraction of sp³-hybridized carbons (Fsp3) is 0.909. The number of ketones is 1. The first-order chi connectivity index (χ1) is 6.24. The van der Waals surface area contributed by atoms with Crippen LogP contribution in [0.1, 0.15) is 39.5 Å². The summed E-state index contributed by atoms with van der Waals surface area (Å²) in [7, 11) is 0. The van der Waals surface area contributed by atoms with Crippen LogP contribution >= 0.6 is 0 Å². The smallest absolute Gasteiger partial charge is 0.138 e. The monoisotopic (exact) mass is 183 g/mol. The molecular formula is C11H21NO. The molecule has 2 heteroatoms. The van der Waals surface area contributed by atoms with Crippen LogP contribution in [0.4, 0.5) is 0 Å². The number of hydrogen-bond acceptors (Lipinski definition) is 2. The summed E-state index contributed by atoms with van der Waals surface area (Å²) in [5, 5.41) is 3.29. The van der Waals surface area contributed by atoms with Gasteiger partial charge in [-0.3, -0.25) is 4.79 Å². The molecule has 2 nitrogen and oxygen atoms in total. The number of rotatable bonds is 4. The van der Waals surface area contributed by atoms with Crippen molar-refractivity contribution in [2.75, 3.05) is 13.1 Å². The zero-order chi connectivity index (χ0) is 9.68. The van der Waals surface area contributed by atoms with Crippen molar-refractivity contribution in [1.82, 2.24) is 5.32 Å². The third kappa shape index (κ3) is 3.47. The van der Waals surface area contributed by atoms with E-state index >= 15 is 0 Å². The molecule has 0 aromatic heterocycles. The molecule has 2 atom stereocenters. The Labute approximate surface area is 81.1 Å². The van der Waals surface area contributed by atoms with Crippen molar-refractivity contribution >= 4 is 5.78 Å². The van der Waals surface area contributed by atoms with Gasteiger partial charge in [-0.1, -0.05) is 26.7 Å². The number of nitrogens with one attached hydrogen (secondary N) is 1. The van der Waals surface area contributed by atoms with Crippen LogP contribution in [0.5, 0.6) is 0 Å². The van der Waals surface area contributed by atoms with Crippen molar-refractivity contribution in [2.24, 2.45) is 11.8 Å². The van der Waals surface area contributed by atoms with Crippen LogP contribution in [0, 0.1) is 11.8 Å². The van der Waals surface area contributed by atoms with Crippen molar-refractivity contribution in [3.8, 4) is 0 Å². The summed E-state index contributed by atoms with van der Waals surface area (Å²) < 4.78 is 0. The van der Waals surface area contributed by atoms with Gasteiger partial charge in [0, 0.05) is 25.4 Å². The number of piperidine rings is 1. The van der Waals surface area contributed by atoms with E-state index in [9.17, 15) is 4.79 Å². The number of carbonyl (C=O) groups is 1. The Morgan fingerprint density at radius 3 is 3.00 bits per heavy atom. The standard InChI is InChI=1S/C11H21NO/c1-3-4-9(2)7-10-8-12-6-5-11(10)13/h9-10,12H,3-8H2,1-2H3. The molecule has 2 unspecified atom stereocenters. The molecule has 13 heavy (non-hydrogen) atoms. The topological polar surface area (TPSA) is 29.1 Å². The molecule has 1 fully saturated rings. The second-order valence-corrected chi connectivity index (χ2v) is 4.25. The van der Waals surface area contributed by atoms with Crippen LogP contribution in [-0.2, 0) is 4.79 Å². The summed E-state index contributed by atoms with van der Waals surface area (Å²) in [6.07, 6.45) is 4.31. The molecule has 1 N–H and O–H groups in total. The summed E-state index contributed by atoms with van der Waals surface area (Å²) in [4.78, 5) is 11.5.